The third-order valence-corrected chi connectivity index (χ3v) is 9.44. The van der Waals surface area contributed by atoms with Gasteiger partial charge in [0.25, 0.3) is 0 Å². The minimum absolute atomic E-state index is 0.0476. The number of likely N-dealkylation sites (tertiary alicyclic amines) is 1. The summed E-state index contributed by atoms with van der Waals surface area (Å²) in [5, 5.41) is 9.73. The lowest BCUT2D eigenvalue weighted by Crippen LogP contribution is -2.56. The zero-order valence-corrected chi connectivity index (χ0v) is 17.9. The first-order valence-corrected chi connectivity index (χ1v) is 11.7. The van der Waals surface area contributed by atoms with Crippen LogP contribution in [-0.2, 0) is 9.16 Å². The number of amides is 1. The van der Waals surface area contributed by atoms with Gasteiger partial charge in [-0.25, -0.2) is 4.79 Å². The van der Waals surface area contributed by atoms with Gasteiger partial charge < -0.3 is 14.3 Å². The van der Waals surface area contributed by atoms with E-state index in [2.05, 4.69) is 0 Å². The van der Waals surface area contributed by atoms with Crippen molar-refractivity contribution in [2.24, 2.45) is 0 Å². The van der Waals surface area contributed by atoms with Crippen molar-refractivity contribution in [2.75, 3.05) is 6.54 Å². The second-order valence-electron chi connectivity index (χ2n) is 9.36. The average molecular weight is 400 g/mol. The van der Waals surface area contributed by atoms with Crippen LogP contribution in [0.15, 0.2) is 0 Å². The lowest BCUT2D eigenvalue weighted by Gasteiger charge is -2.41. The van der Waals surface area contributed by atoms with E-state index < -0.39 is 44.4 Å². The van der Waals surface area contributed by atoms with E-state index in [4.69, 9.17) is 9.16 Å². The van der Waals surface area contributed by atoms with Gasteiger partial charge in [-0.15, -0.1) is 0 Å². The lowest BCUT2D eigenvalue weighted by molar-refractivity contribution is -0.223. The van der Waals surface area contributed by atoms with Crippen molar-refractivity contribution in [3.63, 3.8) is 0 Å². The number of hydrogen-bond donors (Lipinski definition) is 1. The van der Waals surface area contributed by atoms with E-state index in [1.54, 1.807) is 20.8 Å². The average Bonchev–Trinajstić information content (AvgIpc) is 2.76. The van der Waals surface area contributed by atoms with Crippen LogP contribution >= 0.6 is 0 Å². The molecule has 0 aromatic rings. The highest BCUT2D eigenvalue weighted by Gasteiger charge is 2.55. The number of carbonyl (C=O) groups is 1. The van der Waals surface area contributed by atoms with Crippen LogP contribution in [0.2, 0.25) is 18.1 Å². The Hall–Kier alpha value is -0.803. The lowest BCUT2D eigenvalue weighted by atomic mass is 10.1. The topological polar surface area (TPSA) is 59.0 Å². The van der Waals surface area contributed by atoms with Gasteiger partial charge >= 0.3 is 12.3 Å². The highest BCUT2D eigenvalue weighted by atomic mass is 28.4. The Morgan fingerprint density at radius 1 is 1.15 bits per heavy atom. The van der Waals surface area contributed by atoms with Crippen LogP contribution in [0.4, 0.5) is 18.0 Å². The number of alkyl halides is 3. The summed E-state index contributed by atoms with van der Waals surface area (Å²) in [4.78, 5) is 13.4. The maximum absolute atomic E-state index is 13.2. The van der Waals surface area contributed by atoms with Crippen molar-refractivity contribution < 1.29 is 32.2 Å². The first kappa shape index (κ1) is 23.2. The summed E-state index contributed by atoms with van der Waals surface area (Å²) in [6, 6.07) is -1.51. The first-order chi connectivity index (χ1) is 11.4. The monoisotopic (exact) mass is 399 g/mol. The van der Waals surface area contributed by atoms with E-state index in [9.17, 15) is 23.1 Å². The molecule has 1 fully saturated rings. The molecular weight excluding hydrogens is 367 g/mol. The molecule has 1 heterocycles. The molecule has 1 rings (SSSR count). The number of ether oxygens (including phenoxy) is 1. The third kappa shape index (κ3) is 5.59. The highest BCUT2D eigenvalue weighted by molar-refractivity contribution is 6.74. The van der Waals surface area contributed by atoms with Gasteiger partial charge in [0.1, 0.15) is 5.60 Å². The summed E-state index contributed by atoms with van der Waals surface area (Å²) < 4.78 is 51.1. The summed E-state index contributed by atoms with van der Waals surface area (Å²) >= 11 is 0. The summed E-state index contributed by atoms with van der Waals surface area (Å²) in [6.07, 6.45) is -9.08. The van der Waals surface area contributed by atoms with Gasteiger partial charge in [0.05, 0.1) is 12.1 Å². The van der Waals surface area contributed by atoms with Crippen molar-refractivity contribution in [3.8, 4) is 0 Å². The minimum Gasteiger partial charge on any atom is -0.444 e. The normalized spacial score (nSPS) is 23.9. The van der Waals surface area contributed by atoms with E-state index in [0.29, 0.717) is 0 Å². The van der Waals surface area contributed by atoms with Gasteiger partial charge in [-0.3, -0.25) is 4.90 Å². The fourth-order valence-electron chi connectivity index (χ4n) is 2.57. The van der Waals surface area contributed by atoms with E-state index in [1.807, 2.05) is 33.9 Å². The summed E-state index contributed by atoms with van der Waals surface area (Å²) in [5.41, 5.74) is -0.844. The third-order valence-electron chi connectivity index (χ3n) is 4.93. The molecule has 0 saturated carbocycles. The maximum atomic E-state index is 13.2. The molecule has 1 saturated heterocycles. The Labute approximate surface area is 155 Å². The maximum Gasteiger partial charge on any atom is 0.416 e. The molecule has 1 amide bonds. The Kier molecular flexibility index (Phi) is 6.54. The van der Waals surface area contributed by atoms with Gasteiger partial charge in [0.2, 0.25) is 0 Å². The molecular formula is C17H32F3NO4Si. The fraction of sp³-hybridized carbons (Fsp3) is 0.941. The van der Waals surface area contributed by atoms with Crippen molar-refractivity contribution in [3.05, 3.63) is 0 Å². The van der Waals surface area contributed by atoms with Crippen LogP contribution in [0.1, 0.15) is 48.0 Å². The van der Waals surface area contributed by atoms with E-state index in [1.165, 1.54) is 0 Å². The number of nitrogens with zero attached hydrogens (tertiary/aromatic N) is 1. The van der Waals surface area contributed by atoms with Gasteiger partial charge in [0.15, 0.2) is 14.4 Å². The van der Waals surface area contributed by atoms with Crippen LogP contribution in [0.5, 0.6) is 0 Å². The molecule has 0 aromatic heterocycles. The Balaban J connectivity index is 3.14. The van der Waals surface area contributed by atoms with Gasteiger partial charge in [-0.05, 0) is 45.3 Å². The van der Waals surface area contributed by atoms with Crippen LogP contribution in [0.3, 0.4) is 0 Å². The molecule has 5 nitrogen and oxygen atoms in total. The number of hydrogen-bond acceptors (Lipinski definition) is 4. The summed E-state index contributed by atoms with van der Waals surface area (Å²) in [6.45, 7) is 14.8. The summed E-state index contributed by atoms with van der Waals surface area (Å²) in [5.74, 6) is 0. The fourth-order valence-corrected chi connectivity index (χ4v) is 3.94. The quantitative estimate of drug-likeness (QED) is 0.719. The number of halogens is 3. The van der Waals surface area contributed by atoms with Crippen molar-refractivity contribution in [1.29, 1.82) is 0 Å². The molecule has 0 aliphatic carbocycles. The van der Waals surface area contributed by atoms with Gasteiger partial charge in [0, 0.05) is 6.54 Å². The molecule has 0 radical (unpaired) electrons. The number of rotatable bonds is 3. The SMILES string of the molecule is CC(C)(C)OC(=O)N1CC[C@@H](O[Si](C)(C)C(C)(C)C)[C@H]1[C@H](O)C(F)(F)F. The van der Waals surface area contributed by atoms with Gasteiger partial charge in [-0.2, -0.15) is 13.2 Å². The largest absolute Gasteiger partial charge is 0.444 e. The van der Waals surface area contributed by atoms with Crippen LogP contribution in [0, 0.1) is 0 Å². The van der Waals surface area contributed by atoms with E-state index >= 15 is 0 Å². The zero-order valence-electron chi connectivity index (χ0n) is 16.9. The second kappa shape index (κ2) is 7.31. The number of aliphatic hydroxyl groups is 1. The molecule has 9 heteroatoms. The van der Waals surface area contributed by atoms with E-state index in [0.717, 1.165) is 4.90 Å². The van der Waals surface area contributed by atoms with Crippen molar-refractivity contribution in [2.45, 2.75) is 96.1 Å². The Morgan fingerprint density at radius 2 is 1.65 bits per heavy atom. The predicted molar refractivity (Wildman–Crippen MR) is 95.5 cm³/mol. The molecule has 3 atom stereocenters. The van der Waals surface area contributed by atoms with Crippen molar-refractivity contribution in [1.82, 2.24) is 4.90 Å². The zero-order chi connectivity index (χ0) is 20.7. The molecule has 0 spiro atoms. The highest BCUT2D eigenvalue weighted by Crippen LogP contribution is 2.41. The molecule has 154 valence electrons. The molecule has 0 unspecified atom stereocenters. The first-order valence-electron chi connectivity index (χ1n) is 8.79. The Bertz CT molecular complexity index is 512. The smallest absolute Gasteiger partial charge is 0.416 e. The molecule has 1 aliphatic heterocycles. The van der Waals surface area contributed by atoms with Crippen LogP contribution in [-0.4, -0.2) is 61.0 Å². The Morgan fingerprint density at radius 3 is 2.04 bits per heavy atom. The molecule has 26 heavy (non-hydrogen) atoms. The van der Waals surface area contributed by atoms with E-state index in [-0.39, 0.29) is 18.0 Å². The number of aliphatic hydroxyl groups excluding tert-OH is 1. The summed E-state index contributed by atoms with van der Waals surface area (Å²) in [7, 11) is -2.39. The predicted octanol–water partition coefficient (Wildman–Crippen LogP) is 4.31. The molecule has 0 aromatic carbocycles. The molecule has 1 N–H and O–H groups in total. The standard InChI is InChI=1S/C17H32F3NO4Si/c1-15(2,3)24-14(23)21-10-9-11(12(21)13(22)17(18,19)20)25-26(7,8)16(4,5)6/h11-13,22H,9-10H2,1-8H3/t11-,12+,13+/m1/s1. The number of carbonyl (C=O) groups excluding carboxylic acids is 1. The van der Waals surface area contributed by atoms with Crippen LogP contribution < -0.4 is 0 Å². The molecule has 0 bridgehead atoms. The molecule has 1 aliphatic rings. The van der Waals surface area contributed by atoms with Gasteiger partial charge in [-0.1, -0.05) is 20.8 Å². The van der Waals surface area contributed by atoms with Crippen molar-refractivity contribution >= 4 is 14.4 Å². The minimum atomic E-state index is -4.86. The van der Waals surface area contributed by atoms with Crippen LogP contribution in [0.25, 0.3) is 0 Å². The second-order valence-corrected chi connectivity index (χ2v) is 14.1.